The van der Waals surface area contributed by atoms with Gasteiger partial charge in [-0.15, -0.1) is 0 Å². The summed E-state index contributed by atoms with van der Waals surface area (Å²) in [5.74, 6) is -0.743. The van der Waals surface area contributed by atoms with Crippen molar-refractivity contribution in [2.75, 3.05) is 0 Å². The first-order valence-corrected chi connectivity index (χ1v) is 6.44. The minimum Gasteiger partial charge on any atom is -0.478 e. The molecule has 0 saturated carbocycles. The minimum absolute atomic E-state index is 0.0236. The second-order valence-corrected chi connectivity index (χ2v) is 4.93. The lowest BCUT2D eigenvalue weighted by atomic mass is 10.2. The molecule has 0 fully saturated rings. The predicted octanol–water partition coefficient (Wildman–Crippen LogP) is 4.96. The van der Waals surface area contributed by atoms with Crippen LogP contribution in [0.15, 0.2) is 46.9 Å². The van der Waals surface area contributed by atoms with E-state index < -0.39 is 17.7 Å². The maximum atomic E-state index is 12.5. The molecule has 0 aromatic heterocycles. The number of carboxylic acid groups (broad SMARTS) is 1. The number of hydrogen-bond acceptors (Lipinski definition) is 2. The van der Waals surface area contributed by atoms with Crippen LogP contribution in [0.1, 0.15) is 15.9 Å². The second-order valence-electron chi connectivity index (χ2n) is 4.08. The average molecular weight is 361 g/mol. The van der Waals surface area contributed by atoms with Gasteiger partial charge in [-0.25, -0.2) is 4.79 Å². The Kier molecular flexibility index (Phi) is 4.22. The van der Waals surface area contributed by atoms with Crippen LogP contribution < -0.4 is 4.74 Å². The van der Waals surface area contributed by atoms with Gasteiger partial charge in [0, 0.05) is 0 Å². The van der Waals surface area contributed by atoms with E-state index >= 15 is 0 Å². The van der Waals surface area contributed by atoms with E-state index in [4.69, 9.17) is 9.84 Å². The number of carbonyl (C=O) groups is 1. The molecule has 21 heavy (non-hydrogen) atoms. The molecule has 0 unspecified atom stereocenters. The van der Waals surface area contributed by atoms with Gasteiger partial charge >= 0.3 is 12.1 Å². The number of hydrogen-bond donors (Lipinski definition) is 1. The SMILES string of the molecule is O=C(O)c1cccc(Oc2ccc(C(F)(F)F)cc2Br)c1. The van der Waals surface area contributed by atoms with Crippen LogP contribution in [0.5, 0.6) is 11.5 Å². The Hall–Kier alpha value is -2.02. The van der Waals surface area contributed by atoms with Gasteiger partial charge in [0.05, 0.1) is 15.6 Å². The van der Waals surface area contributed by atoms with Crippen molar-refractivity contribution in [2.45, 2.75) is 6.18 Å². The molecule has 3 nitrogen and oxygen atoms in total. The highest BCUT2D eigenvalue weighted by molar-refractivity contribution is 9.10. The van der Waals surface area contributed by atoms with Crippen LogP contribution in [-0.2, 0) is 6.18 Å². The normalized spacial score (nSPS) is 11.2. The average Bonchev–Trinajstić information content (AvgIpc) is 2.40. The summed E-state index contributed by atoms with van der Waals surface area (Å²) >= 11 is 3.00. The zero-order valence-corrected chi connectivity index (χ0v) is 11.9. The third-order valence-electron chi connectivity index (χ3n) is 2.57. The Morgan fingerprint density at radius 1 is 1.14 bits per heavy atom. The van der Waals surface area contributed by atoms with Crippen molar-refractivity contribution in [3.8, 4) is 11.5 Å². The molecule has 2 aromatic carbocycles. The topological polar surface area (TPSA) is 46.5 Å². The van der Waals surface area contributed by atoms with E-state index in [1.54, 1.807) is 0 Å². The lowest BCUT2D eigenvalue weighted by Gasteiger charge is -2.11. The highest BCUT2D eigenvalue weighted by atomic mass is 79.9. The van der Waals surface area contributed by atoms with Crippen molar-refractivity contribution in [3.05, 3.63) is 58.1 Å². The molecule has 0 aliphatic carbocycles. The quantitative estimate of drug-likeness (QED) is 0.841. The maximum Gasteiger partial charge on any atom is 0.416 e. The molecular formula is C14H8BrF3O3. The van der Waals surface area contributed by atoms with Gasteiger partial charge in [0.1, 0.15) is 11.5 Å². The van der Waals surface area contributed by atoms with E-state index in [0.717, 1.165) is 12.1 Å². The van der Waals surface area contributed by atoms with E-state index in [-0.39, 0.29) is 21.5 Å². The summed E-state index contributed by atoms with van der Waals surface area (Å²) in [6, 6.07) is 8.62. The molecular weight excluding hydrogens is 353 g/mol. The number of ether oxygens (including phenoxy) is 1. The zero-order chi connectivity index (χ0) is 15.6. The third kappa shape index (κ3) is 3.75. The number of rotatable bonds is 3. The molecule has 0 atom stereocenters. The van der Waals surface area contributed by atoms with Crippen LogP contribution in [-0.4, -0.2) is 11.1 Å². The molecule has 0 radical (unpaired) electrons. The standard InChI is InChI=1S/C14H8BrF3O3/c15-11-7-9(14(16,17)18)4-5-12(11)21-10-3-1-2-8(6-10)13(19)20/h1-7H,(H,19,20). The lowest BCUT2D eigenvalue weighted by Crippen LogP contribution is -2.04. The molecule has 2 rings (SSSR count). The highest BCUT2D eigenvalue weighted by Crippen LogP contribution is 2.36. The van der Waals surface area contributed by atoms with Crippen molar-refractivity contribution in [1.29, 1.82) is 0 Å². The van der Waals surface area contributed by atoms with Gasteiger partial charge in [0.15, 0.2) is 0 Å². The molecule has 0 aliphatic rings. The molecule has 0 amide bonds. The van der Waals surface area contributed by atoms with Crippen LogP contribution in [0.4, 0.5) is 13.2 Å². The van der Waals surface area contributed by atoms with Crippen molar-refractivity contribution >= 4 is 21.9 Å². The zero-order valence-electron chi connectivity index (χ0n) is 10.3. The smallest absolute Gasteiger partial charge is 0.416 e. The van der Waals surface area contributed by atoms with Gasteiger partial charge in [-0.05, 0) is 52.3 Å². The van der Waals surface area contributed by atoms with Crippen molar-refractivity contribution in [2.24, 2.45) is 0 Å². The summed E-state index contributed by atoms with van der Waals surface area (Å²) in [6.07, 6.45) is -4.44. The Balaban J connectivity index is 2.28. The summed E-state index contributed by atoms with van der Waals surface area (Å²) in [5.41, 5.74) is -0.781. The van der Waals surface area contributed by atoms with Crippen molar-refractivity contribution in [3.63, 3.8) is 0 Å². The minimum atomic E-state index is -4.44. The van der Waals surface area contributed by atoms with E-state index in [2.05, 4.69) is 15.9 Å². The molecule has 110 valence electrons. The van der Waals surface area contributed by atoms with E-state index in [1.165, 1.54) is 30.3 Å². The first-order chi connectivity index (χ1) is 9.77. The largest absolute Gasteiger partial charge is 0.478 e. The molecule has 0 saturated heterocycles. The molecule has 0 aliphatic heterocycles. The highest BCUT2D eigenvalue weighted by Gasteiger charge is 2.31. The van der Waals surface area contributed by atoms with Crippen molar-refractivity contribution < 1.29 is 27.8 Å². The summed E-state index contributed by atoms with van der Waals surface area (Å²) in [4.78, 5) is 10.8. The fourth-order valence-corrected chi connectivity index (χ4v) is 2.04. The third-order valence-corrected chi connectivity index (χ3v) is 3.19. The number of aromatic carboxylic acids is 1. The predicted molar refractivity (Wildman–Crippen MR) is 72.6 cm³/mol. The number of benzene rings is 2. The van der Waals surface area contributed by atoms with Gasteiger partial charge < -0.3 is 9.84 Å². The van der Waals surface area contributed by atoms with Gasteiger partial charge in [-0.3, -0.25) is 0 Å². The monoisotopic (exact) mass is 360 g/mol. The second kappa shape index (κ2) is 5.77. The maximum absolute atomic E-state index is 12.5. The number of halogens is 4. The number of alkyl halides is 3. The van der Waals surface area contributed by atoms with Crippen molar-refractivity contribution in [1.82, 2.24) is 0 Å². The molecule has 1 N–H and O–H groups in total. The molecule has 2 aromatic rings. The molecule has 7 heteroatoms. The van der Waals surface area contributed by atoms with Gasteiger partial charge in [-0.2, -0.15) is 13.2 Å². The van der Waals surface area contributed by atoms with E-state index in [1.807, 2.05) is 0 Å². The van der Waals surface area contributed by atoms with E-state index in [9.17, 15) is 18.0 Å². The van der Waals surface area contributed by atoms with Gasteiger partial charge in [0.2, 0.25) is 0 Å². The van der Waals surface area contributed by atoms with Crippen LogP contribution in [0.25, 0.3) is 0 Å². The first kappa shape index (κ1) is 15.4. The van der Waals surface area contributed by atoms with Crippen LogP contribution in [0.2, 0.25) is 0 Å². The van der Waals surface area contributed by atoms with Gasteiger partial charge in [-0.1, -0.05) is 6.07 Å². The fraction of sp³-hybridized carbons (Fsp3) is 0.0714. The summed E-state index contributed by atoms with van der Waals surface area (Å²) in [5, 5.41) is 8.87. The molecule has 0 spiro atoms. The Labute approximate surface area is 126 Å². The Bertz CT molecular complexity index is 683. The molecule has 0 heterocycles. The van der Waals surface area contributed by atoms with Gasteiger partial charge in [0.25, 0.3) is 0 Å². The molecule has 0 bridgehead atoms. The fourth-order valence-electron chi connectivity index (χ4n) is 1.58. The van der Waals surface area contributed by atoms with Crippen LogP contribution >= 0.6 is 15.9 Å². The van der Waals surface area contributed by atoms with Crippen LogP contribution in [0, 0.1) is 0 Å². The van der Waals surface area contributed by atoms with E-state index in [0.29, 0.717) is 0 Å². The summed E-state index contributed by atoms with van der Waals surface area (Å²) in [7, 11) is 0. The number of carboxylic acids is 1. The first-order valence-electron chi connectivity index (χ1n) is 5.65. The Morgan fingerprint density at radius 3 is 2.43 bits per heavy atom. The van der Waals surface area contributed by atoms with Crippen LogP contribution in [0.3, 0.4) is 0 Å². The summed E-state index contributed by atoms with van der Waals surface area (Å²) in [6.45, 7) is 0. The lowest BCUT2D eigenvalue weighted by molar-refractivity contribution is -0.137. The summed E-state index contributed by atoms with van der Waals surface area (Å²) < 4.78 is 43.1. The Morgan fingerprint density at radius 2 is 1.86 bits per heavy atom.